The average molecular weight is 383 g/mol. The summed E-state index contributed by atoms with van der Waals surface area (Å²) in [5.74, 6) is -0.305. The molecular formula is C22H38O5. The Hall–Kier alpha value is -1.20. The molecule has 156 valence electrons. The van der Waals surface area contributed by atoms with E-state index >= 15 is 0 Å². The predicted molar refractivity (Wildman–Crippen MR) is 106 cm³/mol. The molecule has 0 bridgehead atoms. The van der Waals surface area contributed by atoms with Gasteiger partial charge in [-0.1, -0.05) is 51.2 Å². The molecule has 0 amide bonds. The van der Waals surface area contributed by atoms with Crippen molar-refractivity contribution in [2.75, 3.05) is 7.11 Å². The van der Waals surface area contributed by atoms with E-state index in [0.29, 0.717) is 12.8 Å². The summed E-state index contributed by atoms with van der Waals surface area (Å²) in [4.78, 5) is 23.3. The van der Waals surface area contributed by atoms with Crippen molar-refractivity contribution in [3.05, 3.63) is 12.2 Å². The van der Waals surface area contributed by atoms with Gasteiger partial charge in [-0.2, -0.15) is 0 Å². The summed E-state index contributed by atoms with van der Waals surface area (Å²) >= 11 is 0. The van der Waals surface area contributed by atoms with Gasteiger partial charge in [0.15, 0.2) is 0 Å². The van der Waals surface area contributed by atoms with Gasteiger partial charge < -0.3 is 14.9 Å². The highest BCUT2D eigenvalue weighted by Crippen LogP contribution is 2.34. The Morgan fingerprint density at radius 2 is 1.96 bits per heavy atom. The quantitative estimate of drug-likeness (QED) is 0.286. The Kier molecular flexibility index (Phi) is 10.9. The molecule has 1 saturated carbocycles. The van der Waals surface area contributed by atoms with E-state index in [0.717, 1.165) is 51.4 Å². The number of aliphatic hydroxyl groups is 2. The molecule has 1 rings (SSSR count). The van der Waals surface area contributed by atoms with Gasteiger partial charge in [0.05, 0.1) is 18.8 Å². The molecule has 0 aromatic rings. The first-order valence-electron chi connectivity index (χ1n) is 10.5. The molecule has 0 aromatic heterocycles. The lowest BCUT2D eigenvalue weighted by Crippen LogP contribution is -2.23. The minimum Gasteiger partial charge on any atom is -0.469 e. The van der Waals surface area contributed by atoms with Crippen molar-refractivity contribution in [1.82, 2.24) is 0 Å². The van der Waals surface area contributed by atoms with Crippen LogP contribution in [0.5, 0.6) is 0 Å². The Balaban J connectivity index is 2.42. The molecule has 0 aromatic carbocycles. The van der Waals surface area contributed by atoms with Gasteiger partial charge in [-0.15, -0.1) is 0 Å². The van der Waals surface area contributed by atoms with Gasteiger partial charge in [0.1, 0.15) is 5.78 Å². The largest absolute Gasteiger partial charge is 0.469 e. The number of hydrogen-bond donors (Lipinski definition) is 2. The van der Waals surface area contributed by atoms with Crippen LogP contribution in [0.3, 0.4) is 0 Å². The number of ketones is 1. The molecule has 1 fully saturated rings. The zero-order valence-corrected chi connectivity index (χ0v) is 17.3. The number of esters is 1. The number of carbonyl (C=O) groups excluding carboxylic acids is 2. The molecule has 0 saturated heterocycles. The molecule has 27 heavy (non-hydrogen) atoms. The van der Waals surface area contributed by atoms with Crippen LogP contribution in [0.25, 0.3) is 0 Å². The summed E-state index contributed by atoms with van der Waals surface area (Å²) in [6.45, 7) is 3.95. The van der Waals surface area contributed by atoms with Crippen molar-refractivity contribution in [3.8, 4) is 0 Å². The van der Waals surface area contributed by atoms with E-state index in [1.165, 1.54) is 7.11 Å². The van der Waals surface area contributed by atoms with Crippen LogP contribution in [0.2, 0.25) is 0 Å². The van der Waals surface area contributed by atoms with Gasteiger partial charge in [0.25, 0.3) is 0 Å². The van der Waals surface area contributed by atoms with Crippen LogP contribution in [-0.4, -0.2) is 40.8 Å². The zero-order valence-electron chi connectivity index (χ0n) is 17.3. The highest BCUT2D eigenvalue weighted by Gasteiger charge is 2.39. The van der Waals surface area contributed by atoms with Gasteiger partial charge in [-0.05, 0) is 32.6 Å². The fourth-order valence-electron chi connectivity index (χ4n) is 3.82. The van der Waals surface area contributed by atoms with Crippen molar-refractivity contribution in [1.29, 1.82) is 0 Å². The molecule has 0 spiro atoms. The van der Waals surface area contributed by atoms with Crippen LogP contribution in [-0.2, 0) is 14.3 Å². The maximum Gasteiger partial charge on any atom is 0.305 e. The van der Waals surface area contributed by atoms with Crippen molar-refractivity contribution in [2.24, 2.45) is 11.8 Å². The second-order valence-corrected chi connectivity index (χ2v) is 8.18. The van der Waals surface area contributed by atoms with Crippen molar-refractivity contribution in [2.45, 2.75) is 96.2 Å². The molecule has 2 unspecified atom stereocenters. The van der Waals surface area contributed by atoms with Crippen LogP contribution in [0, 0.1) is 11.8 Å². The predicted octanol–water partition coefficient (Wildman–Crippen LogP) is 3.95. The Bertz CT molecular complexity index is 483. The summed E-state index contributed by atoms with van der Waals surface area (Å²) in [5.41, 5.74) is -0.727. The van der Waals surface area contributed by atoms with E-state index in [9.17, 15) is 19.8 Å². The second kappa shape index (κ2) is 12.3. The molecule has 0 heterocycles. The molecule has 1 aliphatic carbocycles. The summed E-state index contributed by atoms with van der Waals surface area (Å²) in [6, 6.07) is 0. The number of ether oxygens (including phenoxy) is 1. The summed E-state index contributed by atoms with van der Waals surface area (Å²) in [5, 5.41) is 20.6. The number of hydrogen-bond acceptors (Lipinski definition) is 5. The van der Waals surface area contributed by atoms with Gasteiger partial charge in [0, 0.05) is 24.7 Å². The highest BCUT2D eigenvalue weighted by molar-refractivity contribution is 5.84. The van der Waals surface area contributed by atoms with Crippen LogP contribution in [0.1, 0.15) is 84.5 Å². The molecule has 2 N–H and O–H groups in total. The molecule has 5 nitrogen and oxygen atoms in total. The third kappa shape index (κ3) is 9.02. The second-order valence-electron chi connectivity index (χ2n) is 8.18. The zero-order chi connectivity index (χ0) is 20.3. The lowest BCUT2D eigenvalue weighted by atomic mass is 9.87. The van der Waals surface area contributed by atoms with Crippen molar-refractivity contribution >= 4 is 11.8 Å². The maximum atomic E-state index is 12.2. The van der Waals surface area contributed by atoms with E-state index in [-0.39, 0.29) is 30.0 Å². The third-order valence-electron chi connectivity index (χ3n) is 5.59. The number of Topliss-reactive ketones (excluding diaryl/α,β-unsaturated/α-hetero) is 1. The van der Waals surface area contributed by atoms with Crippen molar-refractivity contribution in [3.63, 3.8) is 0 Å². The SMILES string of the molecule is CCCCC(C)(O)C/C=C/[C@@H]1C(CCCCCCC(=O)OC)C(=O)C[C@H]1O. The van der Waals surface area contributed by atoms with Gasteiger partial charge in [-0.3, -0.25) is 9.59 Å². The van der Waals surface area contributed by atoms with Gasteiger partial charge in [0.2, 0.25) is 0 Å². The van der Waals surface area contributed by atoms with E-state index < -0.39 is 11.7 Å². The summed E-state index contributed by atoms with van der Waals surface area (Å²) < 4.78 is 4.62. The Morgan fingerprint density at radius 3 is 2.63 bits per heavy atom. The average Bonchev–Trinajstić information content (AvgIpc) is 2.89. The number of methoxy groups -OCH3 is 1. The maximum absolute atomic E-state index is 12.2. The van der Waals surface area contributed by atoms with Gasteiger partial charge in [-0.25, -0.2) is 0 Å². The molecular weight excluding hydrogens is 344 g/mol. The number of unbranched alkanes of at least 4 members (excludes halogenated alkanes) is 4. The molecule has 0 aliphatic heterocycles. The lowest BCUT2D eigenvalue weighted by Gasteiger charge is -2.22. The number of aliphatic hydroxyl groups excluding tert-OH is 1. The van der Waals surface area contributed by atoms with E-state index in [1.54, 1.807) is 0 Å². The summed E-state index contributed by atoms with van der Waals surface area (Å²) in [6.07, 6.45) is 11.7. The van der Waals surface area contributed by atoms with Crippen LogP contribution in [0.4, 0.5) is 0 Å². The third-order valence-corrected chi connectivity index (χ3v) is 5.59. The topological polar surface area (TPSA) is 83.8 Å². The van der Waals surface area contributed by atoms with E-state index in [2.05, 4.69) is 11.7 Å². The first kappa shape index (κ1) is 23.8. The summed E-state index contributed by atoms with van der Waals surface area (Å²) in [7, 11) is 1.40. The van der Waals surface area contributed by atoms with Crippen LogP contribution in [0.15, 0.2) is 12.2 Å². The molecule has 4 atom stereocenters. The fraction of sp³-hybridized carbons (Fsp3) is 0.818. The molecule has 0 radical (unpaired) electrons. The smallest absolute Gasteiger partial charge is 0.305 e. The molecule has 5 heteroatoms. The fourth-order valence-corrected chi connectivity index (χ4v) is 3.82. The van der Waals surface area contributed by atoms with E-state index in [1.807, 2.05) is 19.1 Å². The van der Waals surface area contributed by atoms with Crippen LogP contribution < -0.4 is 0 Å². The lowest BCUT2D eigenvalue weighted by molar-refractivity contribution is -0.140. The van der Waals surface area contributed by atoms with Crippen molar-refractivity contribution < 1.29 is 24.5 Å². The van der Waals surface area contributed by atoms with E-state index in [4.69, 9.17) is 0 Å². The van der Waals surface area contributed by atoms with Gasteiger partial charge >= 0.3 is 5.97 Å². The monoisotopic (exact) mass is 382 g/mol. The normalized spacial score (nSPS) is 25.1. The number of carbonyl (C=O) groups is 2. The standard InChI is InChI=1S/C22H38O5/c1-4-5-14-22(2,26)15-10-12-18-17(19(23)16-20(18)24)11-8-6-7-9-13-21(25)27-3/h10,12,17-18,20,24,26H,4-9,11,13-16H2,1-3H3/b12-10+/t17?,18-,20-,22?/m1/s1. The number of rotatable bonds is 13. The first-order chi connectivity index (χ1) is 12.8. The minimum atomic E-state index is -0.727. The Morgan fingerprint density at radius 1 is 1.26 bits per heavy atom. The van der Waals surface area contributed by atoms with Crippen LogP contribution >= 0.6 is 0 Å². The first-order valence-corrected chi connectivity index (χ1v) is 10.5. The highest BCUT2D eigenvalue weighted by atomic mass is 16.5. The molecule has 1 aliphatic rings. The minimum absolute atomic E-state index is 0.127. The Labute approximate surface area is 164 Å².